The van der Waals surface area contributed by atoms with Crippen molar-refractivity contribution in [2.45, 2.75) is 39.3 Å². The zero-order chi connectivity index (χ0) is 23.8. The van der Waals surface area contributed by atoms with E-state index in [1.54, 1.807) is 12.3 Å². The molecule has 2 aromatic heterocycles. The minimum absolute atomic E-state index is 0.162. The molecule has 3 heterocycles. The highest BCUT2D eigenvalue weighted by Gasteiger charge is 2.43. The molecule has 5 rings (SSSR count). The van der Waals surface area contributed by atoms with E-state index in [-0.39, 0.29) is 17.8 Å². The Bertz CT molecular complexity index is 1330. The average Bonchev–Trinajstić information content (AvgIpc) is 3.35. The van der Waals surface area contributed by atoms with Gasteiger partial charge >= 0.3 is 0 Å². The van der Waals surface area contributed by atoms with Gasteiger partial charge in [0.2, 0.25) is 0 Å². The first-order valence-electron chi connectivity index (χ1n) is 11.6. The third kappa shape index (κ3) is 3.74. The molecule has 1 aliphatic heterocycles. The van der Waals surface area contributed by atoms with E-state index in [4.69, 9.17) is 12.2 Å². The lowest BCUT2D eigenvalue weighted by Crippen LogP contribution is -2.29. The van der Waals surface area contributed by atoms with Gasteiger partial charge in [-0.15, -0.1) is 0 Å². The molecule has 1 aliphatic rings. The molecule has 0 unspecified atom stereocenters. The van der Waals surface area contributed by atoms with Crippen molar-refractivity contribution in [2.24, 2.45) is 0 Å². The van der Waals surface area contributed by atoms with E-state index in [9.17, 15) is 5.11 Å². The van der Waals surface area contributed by atoms with Crippen LogP contribution in [-0.4, -0.2) is 19.8 Å². The van der Waals surface area contributed by atoms with Crippen molar-refractivity contribution in [2.75, 3.05) is 4.90 Å². The molecule has 172 valence electrons. The Labute approximate surface area is 205 Å². The molecule has 34 heavy (non-hydrogen) atoms. The Morgan fingerprint density at radius 1 is 1.00 bits per heavy atom. The molecule has 0 amide bonds. The molecular formula is C28H28N4OS. The van der Waals surface area contributed by atoms with Gasteiger partial charge in [0.15, 0.2) is 5.11 Å². The fourth-order valence-electron chi connectivity index (χ4n) is 4.96. The molecule has 1 fully saturated rings. The summed E-state index contributed by atoms with van der Waals surface area (Å²) in [5.41, 5.74) is 7.47. The predicted octanol–water partition coefficient (Wildman–Crippen LogP) is 5.93. The number of phenolic OH excluding ortho intramolecular Hbond substituents is 1. The Morgan fingerprint density at radius 3 is 2.41 bits per heavy atom. The molecule has 0 saturated carbocycles. The van der Waals surface area contributed by atoms with Gasteiger partial charge in [0.1, 0.15) is 5.75 Å². The largest absolute Gasteiger partial charge is 0.506 e. The van der Waals surface area contributed by atoms with Gasteiger partial charge in [-0.1, -0.05) is 37.3 Å². The highest BCUT2D eigenvalue weighted by atomic mass is 32.1. The summed E-state index contributed by atoms with van der Waals surface area (Å²) in [6.07, 6.45) is 2.82. The molecule has 0 spiro atoms. The number of aryl methyl sites for hydroxylation is 2. The van der Waals surface area contributed by atoms with Gasteiger partial charge in [0, 0.05) is 23.3 Å². The van der Waals surface area contributed by atoms with Crippen molar-refractivity contribution in [3.63, 3.8) is 0 Å². The lowest BCUT2D eigenvalue weighted by atomic mass is 9.96. The molecular weight excluding hydrogens is 440 g/mol. The Hall–Kier alpha value is -3.64. The van der Waals surface area contributed by atoms with Crippen molar-refractivity contribution in [3.05, 3.63) is 107 Å². The van der Waals surface area contributed by atoms with Crippen LogP contribution in [0.2, 0.25) is 0 Å². The van der Waals surface area contributed by atoms with E-state index in [0.717, 1.165) is 34.8 Å². The van der Waals surface area contributed by atoms with Crippen LogP contribution < -0.4 is 10.2 Å². The molecule has 1 saturated heterocycles. The quantitative estimate of drug-likeness (QED) is 0.355. The van der Waals surface area contributed by atoms with Crippen molar-refractivity contribution < 1.29 is 5.11 Å². The van der Waals surface area contributed by atoms with E-state index in [1.807, 2.05) is 41.3 Å². The minimum Gasteiger partial charge on any atom is -0.506 e. The van der Waals surface area contributed by atoms with E-state index in [2.05, 4.69) is 66.0 Å². The first-order chi connectivity index (χ1) is 16.5. The second-order valence-corrected chi connectivity index (χ2v) is 9.05. The maximum Gasteiger partial charge on any atom is 0.174 e. The summed E-state index contributed by atoms with van der Waals surface area (Å²) in [5, 5.41) is 14.8. The highest BCUT2D eigenvalue weighted by molar-refractivity contribution is 7.80. The van der Waals surface area contributed by atoms with Crippen LogP contribution in [-0.2, 0) is 6.42 Å². The molecule has 0 bridgehead atoms. The number of aromatic nitrogens is 2. The topological polar surface area (TPSA) is 53.3 Å². The number of thiocarbonyl (C=S) groups is 1. The number of nitrogens with one attached hydrogen (secondary N) is 1. The molecule has 2 atom stereocenters. The normalized spacial score (nSPS) is 17.7. The van der Waals surface area contributed by atoms with Gasteiger partial charge in [0.05, 0.1) is 23.5 Å². The van der Waals surface area contributed by atoms with Crippen LogP contribution in [0.5, 0.6) is 5.75 Å². The minimum atomic E-state index is -0.175. The van der Waals surface area contributed by atoms with Gasteiger partial charge < -0.3 is 19.9 Å². The number of aromatic hydroxyl groups is 1. The third-order valence-electron chi connectivity index (χ3n) is 6.63. The van der Waals surface area contributed by atoms with Crippen molar-refractivity contribution in [1.29, 1.82) is 0 Å². The van der Waals surface area contributed by atoms with Crippen molar-refractivity contribution in [3.8, 4) is 11.4 Å². The number of nitrogens with zero attached hydrogens (tertiary/aromatic N) is 3. The summed E-state index contributed by atoms with van der Waals surface area (Å²) >= 11 is 5.81. The van der Waals surface area contributed by atoms with Gasteiger partial charge in [-0.3, -0.25) is 4.98 Å². The molecule has 0 radical (unpaired) electrons. The van der Waals surface area contributed by atoms with Gasteiger partial charge in [-0.2, -0.15) is 0 Å². The molecule has 0 aliphatic carbocycles. The molecule has 2 N–H and O–H groups in total. The third-order valence-corrected chi connectivity index (χ3v) is 6.95. The molecule has 4 aromatic rings. The van der Waals surface area contributed by atoms with E-state index < -0.39 is 0 Å². The van der Waals surface area contributed by atoms with Gasteiger partial charge in [-0.05, 0) is 86.1 Å². The van der Waals surface area contributed by atoms with E-state index in [0.29, 0.717) is 10.8 Å². The fraction of sp³-hybridized carbons (Fsp3) is 0.214. The lowest BCUT2D eigenvalue weighted by Gasteiger charge is -2.28. The Morgan fingerprint density at radius 2 is 1.74 bits per heavy atom. The Kier molecular flexibility index (Phi) is 5.84. The standard InChI is InChI=1S/C28H28N4OS/c1-4-20-12-14-21(15-13-20)31-18(2)17-22(19(31)3)27-26(23-9-7-8-16-29-23)30-28(34)32(27)24-10-5-6-11-25(24)33/h5-17,26-27,33H,4H2,1-3H3,(H,30,34)/t26-,27+/m1/s1. The number of pyridine rings is 1. The number of benzene rings is 2. The summed E-state index contributed by atoms with van der Waals surface area (Å²) in [5.74, 6) is 0.197. The Balaban J connectivity index is 1.67. The van der Waals surface area contributed by atoms with E-state index >= 15 is 0 Å². The summed E-state index contributed by atoms with van der Waals surface area (Å²) in [6, 6.07) is 23.9. The second-order valence-electron chi connectivity index (χ2n) is 8.67. The van der Waals surface area contributed by atoms with Gasteiger partial charge in [0.25, 0.3) is 0 Å². The predicted molar refractivity (Wildman–Crippen MR) is 141 cm³/mol. The summed E-state index contributed by atoms with van der Waals surface area (Å²) in [7, 11) is 0. The van der Waals surface area contributed by atoms with Crippen LogP contribution in [0.3, 0.4) is 0 Å². The van der Waals surface area contributed by atoms with E-state index in [1.165, 1.54) is 5.56 Å². The number of anilines is 1. The van der Waals surface area contributed by atoms with Crippen LogP contribution >= 0.6 is 12.2 Å². The number of hydrogen-bond acceptors (Lipinski definition) is 3. The number of phenols is 1. The van der Waals surface area contributed by atoms with Crippen LogP contribution in [0, 0.1) is 13.8 Å². The first kappa shape index (κ1) is 22.2. The highest BCUT2D eigenvalue weighted by Crippen LogP contribution is 2.45. The zero-order valence-electron chi connectivity index (χ0n) is 19.6. The molecule has 5 nitrogen and oxygen atoms in total. The summed E-state index contributed by atoms with van der Waals surface area (Å²) in [4.78, 5) is 6.66. The summed E-state index contributed by atoms with van der Waals surface area (Å²) < 4.78 is 2.29. The maximum absolute atomic E-state index is 10.7. The van der Waals surface area contributed by atoms with Crippen LogP contribution in [0.4, 0.5) is 5.69 Å². The SMILES string of the molecule is CCc1ccc(-n2c(C)cc([C@H]3[C@@H](c4ccccn4)NC(=S)N3c3ccccc3O)c2C)cc1. The zero-order valence-corrected chi connectivity index (χ0v) is 20.4. The molecule has 2 aromatic carbocycles. The first-order valence-corrected chi connectivity index (χ1v) is 12.0. The van der Waals surface area contributed by atoms with Crippen LogP contribution in [0.1, 0.15) is 47.2 Å². The maximum atomic E-state index is 10.7. The smallest absolute Gasteiger partial charge is 0.174 e. The monoisotopic (exact) mass is 468 g/mol. The lowest BCUT2D eigenvalue weighted by molar-refractivity contribution is 0.472. The number of rotatable bonds is 5. The van der Waals surface area contributed by atoms with Crippen LogP contribution in [0.25, 0.3) is 5.69 Å². The number of hydrogen-bond donors (Lipinski definition) is 2. The number of para-hydroxylation sites is 2. The fourth-order valence-corrected chi connectivity index (χ4v) is 5.30. The molecule has 6 heteroatoms. The average molecular weight is 469 g/mol. The van der Waals surface area contributed by atoms with Crippen molar-refractivity contribution >= 4 is 23.0 Å². The second kappa shape index (κ2) is 8.95. The van der Waals surface area contributed by atoms with Crippen LogP contribution in [0.15, 0.2) is 79.0 Å². The summed E-state index contributed by atoms with van der Waals surface area (Å²) in [6.45, 7) is 6.45. The van der Waals surface area contributed by atoms with Gasteiger partial charge in [-0.25, -0.2) is 0 Å². The van der Waals surface area contributed by atoms with Crippen molar-refractivity contribution in [1.82, 2.24) is 14.9 Å².